The first-order chi connectivity index (χ1) is 17.9. The van der Waals surface area contributed by atoms with Gasteiger partial charge in [0.05, 0.1) is 18.3 Å². The van der Waals surface area contributed by atoms with Crippen LogP contribution in [0.15, 0.2) is 47.1 Å². The van der Waals surface area contributed by atoms with Gasteiger partial charge >= 0.3 is 12.1 Å². The molecular formula is C25H29F4N3O6. The molecule has 1 aromatic heterocycles. The number of rotatable bonds is 5. The lowest BCUT2D eigenvalue weighted by atomic mass is 9.88. The number of alkyl halides is 3. The number of likely N-dealkylation sites (tertiary alicyclic amines) is 1. The van der Waals surface area contributed by atoms with Gasteiger partial charge in [0.1, 0.15) is 17.7 Å². The number of ether oxygens (including phenoxy) is 1. The Bertz CT molecular complexity index is 1080. The SMILES string of the molecule is CN1CC(C(=O)NCc2ccc(F)cc2)OC2(CCN(C(=O)Cc3ccco3)CC2)C1.O=C(O)C(F)(F)F. The molecule has 38 heavy (non-hydrogen) atoms. The zero-order valence-electron chi connectivity index (χ0n) is 20.7. The molecule has 2 aliphatic rings. The molecule has 1 atom stereocenters. The summed E-state index contributed by atoms with van der Waals surface area (Å²) < 4.78 is 56.4. The minimum Gasteiger partial charge on any atom is -0.475 e. The van der Waals surface area contributed by atoms with Gasteiger partial charge in [-0.3, -0.25) is 9.59 Å². The van der Waals surface area contributed by atoms with Crippen molar-refractivity contribution in [2.24, 2.45) is 0 Å². The van der Waals surface area contributed by atoms with Gasteiger partial charge in [0.15, 0.2) is 0 Å². The maximum atomic E-state index is 13.1. The molecule has 2 amide bonds. The van der Waals surface area contributed by atoms with Crippen molar-refractivity contribution in [3.05, 3.63) is 59.8 Å². The van der Waals surface area contributed by atoms with E-state index in [9.17, 15) is 27.2 Å². The highest BCUT2D eigenvalue weighted by atomic mass is 19.4. The first-order valence-corrected chi connectivity index (χ1v) is 11.9. The number of morpholine rings is 1. The minimum absolute atomic E-state index is 0.0440. The third-order valence-electron chi connectivity index (χ3n) is 6.28. The zero-order chi connectivity index (χ0) is 27.9. The first kappa shape index (κ1) is 29.1. The first-order valence-electron chi connectivity index (χ1n) is 11.9. The second-order valence-electron chi connectivity index (χ2n) is 9.27. The van der Waals surface area contributed by atoms with E-state index in [0.29, 0.717) is 44.8 Å². The summed E-state index contributed by atoms with van der Waals surface area (Å²) in [6.07, 6.45) is -2.47. The van der Waals surface area contributed by atoms with Crippen LogP contribution >= 0.6 is 0 Å². The Hall–Kier alpha value is -3.45. The van der Waals surface area contributed by atoms with E-state index in [2.05, 4.69) is 10.2 Å². The van der Waals surface area contributed by atoms with Gasteiger partial charge in [0, 0.05) is 32.7 Å². The molecule has 1 aromatic carbocycles. The maximum Gasteiger partial charge on any atom is 0.490 e. The van der Waals surface area contributed by atoms with Crippen molar-refractivity contribution in [1.82, 2.24) is 15.1 Å². The fourth-order valence-corrected chi connectivity index (χ4v) is 4.37. The van der Waals surface area contributed by atoms with Gasteiger partial charge in [-0.25, -0.2) is 9.18 Å². The van der Waals surface area contributed by atoms with E-state index in [-0.39, 0.29) is 24.1 Å². The van der Waals surface area contributed by atoms with Crippen LogP contribution in [0, 0.1) is 5.82 Å². The Labute approximate surface area is 216 Å². The van der Waals surface area contributed by atoms with E-state index >= 15 is 0 Å². The van der Waals surface area contributed by atoms with Crippen LogP contribution in [0.4, 0.5) is 17.6 Å². The van der Waals surface area contributed by atoms with Crippen molar-refractivity contribution in [3.63, 3.8) is 0 Å². The van der Waals surface area contributed by atoms with Crippen molar-refractivity contribution in [1.29, 1.82) is 0 Å². The predicted molar refractivity (Wildman–Crippen MR) is 125 cm³/mol. The van der Waals surface area contributed by atoms with E-state index in [1.807, 2.05) is 11.9 Å². The summed E-state index contributed by atoms with van der Waals surface area (Å²) in [6, 6.07) is 9.64. The fourth-order valence-electron chi connectivity index (χ4n) is 4.37. The number of amides is 2. The van der Waals surface area contributed by atoms with E-state index in [1.54, 1.807) is 30.5 Å². The lowest BCUT2D eigenvalue weighted by Gasteiger charge is -2.48. The lowest BCUT2D eigenvalue weighted by molar-refractivity contribution is -0.192. The summed E-state index contributed by atoms with van der Waals surface area (Å²) in [4.78, 5) is 38.1. The number of hydrogen-bond acceptors (Lipinski definition) is 6. The normalized spacial score (nSPS) is 19.4. The average molecular weight is 544 g/mol. The number of benzene rings is 1. The van der Waals surface area contributed by atoms with Gasteiger partial charge in [0.2, 0.25) is 5.91 Å². The Morgan fingerprint density at radius 3 is 2.32 bits per heavy atom. The van der Waals surface area contributed by atoms with Crippen LogP contribution in [0.2, 0.25) is 0 Å². The molecule has 0 bridgehead atoms. The van der Waals surface area contributed by atoms with Crippen molar-refractivity contribution in [2.75, 3.05) is 33.2 Å². The molecule has 2 N–H and O–H groups in total. The van der Waals surface area contributed by atoms with Crippen molar-refractivity contribution < 1.29 is 46.2 Å². The Morgan fingerprint density at radius 2 is 1.76 bits per heavy atom. The lowest BCUT2D eigenvalue weighted by Crippen LogP contribution is -2.61. The smallest absolute Gasteiger partial charge is 0.475 e. The molecule has 0 saturated carbocycles. The number of carbonyl (C=O) groups excluding carboxylic acids is 2. The van der Waals surface area contributed by atoms with Crippen LogP contribution < -0.4 is 5.32 Å². The molecule has 2 saturated heterocycles. The number of furan rings is 1. The van der Waals surface area contributed by atoms with Gasteiger partial charge in [-0.2, -0.15) is 13.2 Å². The molecule has 2 aromatic rings. The number of hydrogen-bond donors (Lipinski definition) is 2. The zero-order valence-corrected chi connectivity index (χ0v) is 20.7. The molecule has 3 heterocycles. The minimum atomic E-state index is -5.08. The van der Waals surface area contributed by atoms with E-state index in [1.165, 1.54) is 12.1 Å². The molecule has 13 heteroatoms. The highest BCUT2D eigenvalue weighted by Crippen LogP contribution is 2.32. The summed E-state index contributed by atoms with van der Waals surface area (Å²) in [5.74, 6) is -2.53. The van der Waals surface area contributed by atoms with Crippen molar-refractivity contribution in [2.45, 2.75) is 43.7 Å². The quantitative estimate of drug-likeness (QED) is 0.558. The number of carbonyl (C=O) groups is 3. The monoisotopic (exact) mass is 543 g/mol. The number of carboxylic acid groups (broad SMARTS) is 1. The van der Waals surface area contributed by atoms with Crippen LogP contribution in [0.25, 0.3) is 0 Å². The Kier molecular flexibility index (Phi) is 9.50. The van der Waals surface area contributed by atoms with Crippen LogP contribution in [0.1, 0.15) is 24.2 Å². The highest BCUT2D eigenvalue weighted by Gasteiger charge is 2.44. The third-order valence-corrected chi connectivity index (χ3v) is 6.28. The molecule has 1 unspecified atom stereocenters. The summed E-state index contributed by atoms with van der Waals surface area (Å²) in [6.45, 7) is 2.76. The Morgan fingerprint density at radius 1 is 1.13 bits per heavy atom. The van der Waals surface area contributed by atoms with E-state index < -0.39 is 23.9 Å². The number of nitrogens with one attached hydrogen (secondary N) is 1. The fraction of sp³-hybridized carbons (Fsp3) is 0.480. The standard InChI is InChI=1S/C23H28FN3O4.C2HF3O2/c1-26-15-20(22(29)25-14-17-4-6-18(24)7-5-17)31-23(16-26)8-10-27(11-9-23)21(28)13-19-3-2-12-30-19;3-2(4,5)1(6)7/h2-7,12,20H,8-11,13-16H2,1H3,(H,25,29);(H,6,7). The molecule has 9 nitrogen and oxygen atoms in total. The van der Waals surface area contributed by atoms with E-state index in [0.717, 1.165) is 12.1 Å². The summed E-state index contributed by atoms with van der Waals surface area (Å²) in [5.41, 5.74) is 0.392. The summed E-state index contributed by atoms with van der Waals surface area (Å²) in [5, 5.41) is 10.0. The molecule has 2 aliphatic heterocycles. The highest BCUT2D eigenvalue weighted by molar-refractivity contribution is 5.81. The second kappa shape index (κ2) is 12.4. The molecule has 0 aliphatic carbocycles. The van der Waals surface area contributed by atoms with Crippen LogP contribution in [0.5, 0.6) is 0 Å². The molecule has 4 rings (SSSR count). The second-order valence-corrected chi connectivity index (χ2v) is 9.27. The largest absolute Gasteiger partial charge is 0.490 e. The third kappa shape index (κ3) is 8.28. The number of piperidine rings is 1. The molecule has 1 spiro atoms. The van der Waals surface area contributed by atoms with Gasteiger partial charge in [-0.05, 0) is 49.7 Å². The summed E-state index contributed by atoms with van der Waals surface area (Å²) >= 11 is 0. The van der Waals surface area contributed by atoms with Gasteiger partial charge in [-0.1, -0.05) is 12.1 Å². The number of halogens is 4. The van der Waals surface area contributed by atoms with Crippen LogP contribution in [-0.4, -0.2) is 83.8 Å². The molecule has 0 radical (unpaired) electrons. The Balaban J connectivity index is 0.000000505. The average Bonchev–Trinajstić information content (AvgIpc) is 3.36. The predicted octanol–water partition coefficient (Wildman–Crippen LogP) is 2.60. The number of carboxylic acids is 1. The van der Waals surface area contributed by atoms with Crippen LogP contribution in [-0.2, 0) is 32.1 Å². The van der Waals surface area contributed by atoms with Crippen molar-refractivity contribution >= 4 is 17.8 Å². The molecule has 2 fully saturated rings. The van der Waals surface area contributed by atoms with Crippen molar-refractivity contribution in [3.8, 4) is 0 Å². The maximum absolute atomic E-state index is 13.1. The molecule has 208 valence electrons. The number of likely N-dealkylation sites (N-methyl/N-ethyl adjacent to an activating group) is 1. The van der Waals surface area contributed by atoms with E-state index in [4.69, 9.17) is 19.1 Å². The number of nitrogens with zero attached hydrogens (tertiary/aromatic N) is 2. The van der Waals surface area contributed by atoms with Gasteiger partial charge < -0.3 is 29.4 Å². The number of aliphatic carboxylic acids is 1. The topological polar surface area (TPSA) is 112 Å². The summed E-state index contributed by atoms with van der Waals surface area (Å²) in [7, 11) is 1.99. The van der Waals surface area contributed by atoms with Gasteiger partial charge in [0.25, 0.3) is 5.91 Å². The molecular weight excluding hydrogens is 514 g/mol. The van der Waals surface area contributed by atoms with Crippen LogP contribution in [0.3, 0.4) is 0 Å². The van der Waals surface area contributed by atoms with Gasteiger partial charge in [-0.15, -0.1) is 0 Å².